The fourth-order valence-electron chi connectivity index (χ4n) is 6.52. The van der Waals surface area contributed by atoms with Crippen molar-refractivity contribution in [3.63, 3.8) is 0 Å². The van der Waals surface area contributed by atoms with E-state index in [0.29, 0.717) is 11.5 Å². The average Bonchev–Trinajstić information content (AvgIpc) is 3.07. The standard InChI is InChI=1S/C19H26N2/c1-3-13-11-21-9-8-19-15-6-4-5-7-16(15)20-18(19)12(2)14(13)10-17(19)21/h4-7,12-14,17-18,20H,3,8-11H2,1-2H3/t12-,13?,14-,17+,18?,19-/m1/s1. The van der Waals surface area contributed by atoms with Gasteiger partial charge in [0, 0.05) is 29.7 Å². The van der Waals surface area contributed by atoms with Gasteiger partial charge >= 0.3 is 0 Å². The van der Waals surface area contributed by atoms with E-state index in [2.05, 4.69) is 48.3 Å². The summed E-state index contributed by atoms with van der Waals surface area (Å²) in [6.45, 7) is 7.59. The predicted molar refractivity (Wildman–Crippen MR) is 86.6 cm³/mol. The molecule has 0 radical (unpaired) electrons. The van der Waals surface area contributed by atoms with Crippen LogP contribution in [0.25, 0.3) is 0 Å². The SMILES string of the molecule is CCC1CN2CC[C@]34c5ccccc5NC3[C@H](C)[C@H]1C[C@H]24. The van der Waals surface area contributed by atoms with E-state index in [0.717, 1.165) is 23.8 Å². The van der Waals surface area contributed by atoms with Crippen LogP contribution in [0.15, 0.2) is 24.3 Å². The molecule has 1 aromatic carbocycles. The number of anilines is 1. The van der Waals surface area contributed by atoms with Gasteiger partial charge in [0.15, 0.2) is 0 Å². The van der Waals surface area contributed by atoms with Crippen LogP contribution >= 0.6 is 0 Å². The summed E-state index contributed by atoms with van der Waals surface area (Å²) in [5, 5.41) is 3.95. The summed E-state index contributed by atoms with van der Waals surface area (Å²) in [4.78, 5) is 2.84. The van der Waals surface area contributed by atoms with Crippen molar-refractivity contribution in [1.29, 1.82) is 0 Å². The van der Waals surface area contributed by atoms with E-state index in [4.69, 9.17) is 0 Å². The molecule has 1 N–H and O–H groups in total. The van der Waals surface area contributed by atoms with Crippen LogP contribution in [-0.2, 0) is 5.41 Å². The Kier molecular flexibility index (Phi) is 2.41. The van der Waals surface area contributed by atoms with Crippen molar-refractivity contribution in [2.24, 2.45) is 17.8 Å². The fraction of sp³-hybridized carbons (Fsp3) is 0.684. The van der Waals surface area contributed by atoms with Gasteiger partial charge in [-0.1, -0.05) is 38.5 Å². The number of para-hydroxylation sites is 1. The molecule has 5 rings (SSSR count). The highest BCUT2D eigenvalue weighted by Gasteiger charge is 2.64. The molecule has 2 unspecified atom stereocenters. The molecule has 3 fully saturated rings. The van der Waals surface area contributed by atoms with Crippen LogP contribution in [0.3, 0.4) is 0 Å². The molecule has 0 amide bonds. The molecule has 2 saturated heterocycles. The van der Waals surface area contributed by atoms with Crippen LogP contribution in [-0.4, -0.2) is 30.1 Å². The molecule has 3 heterocycles. The van der Waals surface area contributed by atoms with Gasteiger partial charge in [-0.3, -0.25) is 4.90 Å². The van der Waals surface area contributed by atoms with Gasteiger partial charge in [-0.15, -0.1) is 0 Å². The Morgan fingerprint density at radius 1 is 1.33 bits per heavy atom. The molecule has 1 aromatic rings. The molecule has 3 aliphatic heterocycles. The van der Waals surface area contributed by atoms with Gasteiger partial charge < -0.3 is 5.32 Å². The Bertz CT molecular complexity index is 583. The van der Waals surface area contributed by atoms with Crippen molar-refractivity contribution >= 4 is 5.69 Å². The quantitative estimate of drug-likeness (QED) is 0.848. The number of piperidine rings is 1. The summed E-state index contributed by atoms with van der Waals surface area (Å²) >= 11 is 0. The first kappa shape index (κ1) is 12.5. The van der Waals surface area contributed by atoms with Gasteiger partial charge in [0.1, 0.15) is 0 Å². The van der Waals surface area contributed by atoms with Crippen molar-refractivity contribution in [1.82, 2.24) is 4.90 Å². The van der Waals surface area contributed by atoms with Crippen molar-refractivity contribution in [2.75, 3.05) is 18.4 Å². The number of fused-ring (bicyclic) bond motifs is 2. The molecule has 2 heteroatoms. The third-order valence-electron chi connectivity index (χ3n) is 7.44. The first-order chi connectivity index (χ1) is 10.3. The highest BCUT2D eigenvalue weighted by Crippen LogP contribution is 2.61. The highest BCUT2D eigenvalue weighted by molar-refractivity contribution is 5.64. The molecule has 0 aromatic heterocycles. The number of nitrogens with zero attached hydrogens (tertiary/aromatic N) is 1. The van der Waals surface area contributed by atoms with Crippen LogP contribution < -0.4 is 5.32 Å². The lowest BCUT2D eigenvalue weighted by Crippen LogP contribution is -2.63. The maximum atomic E-state index is 3.95. The van der Waals surface area contributed by atoms with Crippen molar-refractivity contribution in [3.8, 4) is 0 Å². The minimum atomic E-state index is 0.408. The Morgan fingerprint density at radius 2 is 2.19 bits per heavy atom. The van der Waals surface area contributed by atoms with Crippen LogP contribution in [0.5, 0.6) is 0 Å². The van der Waals surface area contributed by atoms with E-state index in [9.17, 15) is 0 Å². The van der Waals surface area contributed by atoms with E-state index in [1.807, 2.05) is 0 Å². The van der Waals surface area contributed by atoms with Gasteiger partial charge in [-0.25, -0.2) is 0 Å². The smallest absolute Gasteiger partial charge is 0.0402 e. The molecule has 2 nitrogen and oxygen atoms in total. The lowest BCUT2D eigenvalue weighted by molar-refractivity contribution is -0.0128. The van der Waals surface area contributed by atoms with Crippen molar-refractivity contribution < 1.29 is 0 Å². The number of rotatable bonds is 1. The van der Waals surface area contributed by atoms with E-state index >= 15 is 0 Å². The maximum Gasteiger partial charge on any atom is 0.0402 e. The molecule has 1 saturated carbocycles. The topological polar surface area (TPSA) is 15.3 Å². The molecule has 1 aliphatic carbocycles. The minimum absolute atomic E-state index is 0.408. The van der Waals surface area contributed by atoms with E-state index in [1.54, 1.807) is 5.56 Å². The lowest BCUT2D eigenvalue weighted by atomic mass is 9.55. The number of nitrogens with one attached hydrogen (secondary N) is 1. The Hall–Kier alpha value is -1.02. The second-order valence-electron chi connectivity index (χ2n) is 7.90. The lowest BCUT2D eigenvalue weighted by Gasteiger charge is -2.56. The molecule has 4 aliphatic rings. The summed E-state index contributed by atoms with van der Waals surface area (Å²) in [6.07, 6.45) is 4.15. The summed E-state index contributed by atoms with van der Waals surface area (Å²) in [6, 6.07) is 10.6. The summed E-state index contributed by atoms with van der Waals surface area (Å²) in [5.74, 6) is 2.64. The third kappa shape index (κ3) is 1.34. The van der Waals surface area contributed by atoms with Crippen LogP contribution in [0, 0.1) is 17.8 Å². The van der Waals surface area contributed by atoms with Gasteiger partial charge in [0.05, 0.1) is 0 Å². The molecular weight excluding hydrogens is 256 g/mol. The predicted octanol–water partition coefficient (Wildman–Crippen LogP) is 3.49. The summed E-state index contributed by atoms with van der Waals surface area (Å²) in [5.41, 5.74) is 3.46. The van der Waals surface area contributed by atoms with Gasteiger partial charge in [-0.2, -0.15) is 0 Å². The average molecular weight is 282 g/mol. The molecular formula is C19H26N2. The Balaban J connectivity index is 1.68. The minimum Gasteiger partial charge on any atom is -0.381 e. The van der Waals surface area contributed by atoms with Crippen LogP contribution in [0.4, 0.5) is 5.69 Å². The Labute approximate surface area is 127 Å². The molecule has 112 valence electrons. The fourth-order valence-corrected chi connectivity index (χ4v) is 6.52. The van der Waals surface area contributed by atoms with E-state index in [1.165, 1.54) is 38.0 Å². The largest absolute Gasteiger partial charge is 0.381 e. The number of hydrogen-bond acceptors (Lipinski definition) is 2. The number of benzene rings is 1. The summed E-state index contributed by atoms with van der Waals surface area (Å²) in [7, 11) is 0. The van der Waals surface area contributed by atoms with Gasteiger partial charge in [0.25, 0.3) is 0 Å². The molecule has 2 bridgehead atoms. The number of hydrogen-bond donors (Lipinski definition) is 1. The van der Waals surface area contributed by atoms with Crippen molar-refractivity contribution in [3.05, 3.63) is 29.8 Å². The van der Waals surface area contributed by atoms with Gasteiger partial charge in [0.2, 0.25) is 0 Å². The third-order valence-corrected chi connectivity index (χ3v) is 7.44. The monoisotopic (exact) mass is 282 g/mol. The molecule has 1 spiro atoms. The van der Waals surface area contributed by atoms with E-state index in [-0.39, 0.29) is 0 Å². The zero-order chi connectivity index (χ0) is 14.2. The summed E-state index contributed by atoms with van der Waals surface area (Å²) < 4.78 is 0. The highest BCUT2D eigenvalue weighted by atomic mass is 15.2. The maximum absolute atomic E-state index is 3.95. The Morgan fingerprint density at radius 3 is 3.05 bits per heavy atom. The van der Waals surface area contributed by atoms with E-state index < -0.39 is 0 Å². The van der Waals surface area contributed by atoms with Crippen LogP contribution in [0.2, 0.25) is 0 Å². The zero-order valence-corrected chi connectivity index (χ0v) is 13.2. The van der Waals surface area contributed by atoms with Crippen LogP contribution in [0.1, 0.15) is 38.7 Å². The van der Waals surface area contributed by atoms with Crippen molar-refractivity contribution in [2.45, 2.75) is 50.6 Å². The second kappa shape index (κ2) is 4.04. The first-order valence-electron chi connectivity index (χ1n) is 8.86. The normalized spacial score (nSPS) is 46.9. The second-order valence-corrected chi connectivity index (χ2v) is 7.90. The first-order valence-corrected chi connectivity index (χ1v) is 8.86. The van der Waals surface area contributed by atoms with Gasteiger partial charge in [-0.05, 0) is 48.8 Å². The molecule has 21 heavy (non-hydrogen) atoms. The molecule has 6 atom stereocenters. The zero-order valence-electron chi connectivity index (χ0n) is 13.2.